The zero-order valence-electron chi connectivity index (χ0n) is 12.2. The van der Waals surface area contributed by atoms with E-state index in [0.717, 1.165) is 5.56 Å². The molecular weight excluding hydrogens is 286 g/mol. The highest BCUT2D eigenvalue weighted by atomic mass is 16.6. The lowest BCUT2D eigenvalue weighted by Gasteiger charge is -2.24. The van der Waals surface area contributed by atoms with Gasteiger partial charge in [-0.3, -0.25) is 9.69 Å². The molecule has 0 saturated carbocycles. The maximum absolute atomic E-state index is 12.3. The summed E-state index contributed by atoms with van der Waals surface area (Å²) in [4.78, 5) is 37.5. The fraction of sp³-hybridized carbons (Fsp3) is 0.438. The van der Waals surface area contributed by atoms with Gasteiger partial charge in [0.25, 0.3) is 0 Å². The van der Waals surface area contributed by atoms with E-state index in [2.05, 4.69) is 0 Å². The second-order valence-corrected chi connectivity index (χ2v) is 5.68. The van der Waals surface area contributed by atoms with Crippen molar-refractivity contribution in [1.29, 1.82) is 0 Å². The van der Waals surface area contributed by atoms with Crippen molar-refractivity contribution in [2.24, 2.45) is 11.8 Å². The van der Waals surface area contributed by atoms with Crippen molar-refractivity contribution in [3.05, 3.63) is 35.9 Å². The van der Waals surface area contributed by atoms with Crippen LogP contribution in [0.1, 0.15) is 12.5 Å². The van der Waals surface area contributed by atoms with E-state index >= 15 is 0 Å². The molecule has 0 radical (unpaired) electrons. The summed E-state index contributed by atoms with van der Waals surface area (Å²) in [5.74, 6) is -1.27. The second-order valence-electron chi connectivity index (χ2n) is 5.68. The third-order valence-corrected chi connectivity index (χ3v) is 4.31. The van der Waals surface area contributed by atoms with E-state index in [-0.39, 0.29) is 37.4 Å². The predicted octanol–water partition coefficient (Wildman–Crippen LogP) is 1.39. The van der Waals surface area contributed by atoms with Gasteiger partial charge in [0, 0.05) is 12.5 Å². The van der Waals surface area contributed by atoms with Gasteiger partial charge < -0.3 is 9.47 Å². The van der Waals surface area contributed by atoms with Crippen LogP contribution >= 0.6 is 0 Å². The molecule has 6 nitrogen and oxygen atoms in total. The Balaban J connectivity index is 1.70. The lowest BCUT2D eigenvalue weighted by molar-refractivity contribution is -0.152. The van der Waals surface area contributed by atoms with E-state index < -0.39 is 18.1 Å². The summed E-state index contributed by atoms with van der Waals surface area (Å²) in [7, 11) is 0. The summed E-state index contributed by atoms with van der Waals surface area (Å²) in [6.07, 6.45) is -0.588. The van der Waals surface area contributed by atoms with Crippen LogP contribution in [0.4, 0.5) is 4.79 Å². The molecule has 2 aliphatic heterocycles. The van der Waals surface area contributed by atoms with E-state index in [1.807, 2.05) is 30.3 Å². The molecular formula is C16H17NO5. The molecule has 3 rings (SSSR count). The van der Waals surface area contributed by atoms with Crippen molar-refractivity contribution >= 4 is 17.8 Å². The first-order valence-electron chi connectivity index (χ1n) is 7.24. The zero-order valence-corrected chi connectivity index (χ0v) is 12.2. The standard InChI is InChI=1S/C16H17NO5/c1-10-12-7-17(14(10)15(19)21-9-13(12)18)16(20)22-8-11-5-3-2-4-6-11/h2-6,10,12,14H,7-9H2,1H3/t10-,12-,14-/m0/s1. The van der Waals surface area contributed by atoms with Crippen molar-refractivity contribution in [2.75, 3.05) is 13.2 Å². The Hall–Kier alpha value is -2.37. The molecule has 3 atom stereocenters. The minimum atomic E-state index is -0.736. The highest BCUT2D eigenvalue weighted by Gasteiger charge is 2.51. The number of hydrogen-bond acceptors (Lipinski definition) is 5. The smallest absolute Gasteiger partial charge is 0.410 e. The van der Waals surface area contributed by atoms with E-state index in [1.165, 1.54) is 4.90 Å². The van der Waals surface area contributed by atoms with Gasteiger partial charge in [-0.15, -0.1) is 0 Å². The van der Waals surface area contributed by atoms with Gasteiger partial charge in [-0.05, 0) is 11.5 Å². The van der Waals surface area contributed by atoms with Gasteiger partial charge in [-0.25, -0.2) is 9.59 Å². The van der Waals surface area contributed by atoms with E-state index in [9.17, 15) is 14.4 Å². The summed E-state index contributed by atoms with van der Waals surface area (Å²) < 4.78 is 10.2. The molecule has 2 saturated heterocycles. The number of benzene rings is 1. The van der Waals surface area contributed by atoms with Gasteiger partial charge in [-0.2, -0.15) is 0 Å². The number of carbonyl (C=O) groups excluding carboxylic acids is 3. The van der Waals surface area contributed by atoms with Crippen molar-refractivity contribution in [2.45, 2.75) is 19.6 Å². The quantitative estimate of drug-likeness (QED) is 0.772. The highest BCUT2D eigenvalue weighted by Crippen LogP contribution is 2.34. The molecule has 2 aliphatic rings. The molecule has 0 aromatic heterocycles. The Morgan fingerprint density at radius 3 is 2.77 bits per heavy atom. The van der Waals surface area contributed by atoms with Crippen LogP contribution < -0.4 is 0 Å². The Bertz CT molecular complexity index is 600. The van der Waals surface area contributed by atoms with Crippen LogP contribution in [0.15, 0.2) is 30.3 Å². The van der Waals surface area contributed by atoms with Gasteiger partial charge in [0.05, 0.1) is 0 Å². The number of rotatable bonds is 2. The topological polar surface area (TPSA) is 72.9 Å². The average Bonchev–Trinajstić information content (AvgIpc) is 2.83. The summed E-state index contributed by atoms with van der Waals surface area (Å²) in [6.45, 7) is 1.94. The normalized spacial score (nSPS) is 27.3. The molecule has 0 N–H and O–H groups in total. The van der Waals surface area contributed by atoms with Crippen LogP contribution in [0, 0.1) is 11.8 Å². The number of nitrogens with zero attached hydrogens (tertiary/aromatic N) is 1. The fourth-order valence-electron chi connectivity index (χ4n) is 3.06. The second kappa shape index (κ2) is 5.79. The fourth-order valence-corrected chi connectivity index (χ4v) is 3.06. The third kappa shape index (κ3) is 2.56. The Morgan fingerprint density at radius 1 is 1.32 bits per heavy atom. The monoisotopic (exact) mass is 303 g/mol. The Kier molecular flexibility index (Phi) is 3.83. The molecule has 1 amide bonds. The molecule has 2 heterocycles. The number of hydrogen-bond donors (Lipinski definition) is 0. The van der Waals surface area contributed by atoms with Crippen LogP contribution in [0.2, 0.25) is 0 Å². The van der Waals surface area contributed by atoms with Crippen LogP contribution in [0.25, 0.3) is 0 Å². The molecule has 0 unspecified atom stereocenters. The summed E-state index contributed by atoms with van der Waals surface area (Å²) in [5.41, 5.74) is 0.863. The first kappa shape index (κ1) is 14.6. The lowest BCUT2D eigenvalue weighted by Crippen LogP contribution is -2.44. The third-order valence-electron chi connectivity index (χ3n) is 4.31. The number of Topliss-reactive ketones (excluding diaryl/α,β-unsaturated/α-hetero) is 1. The molecule has 1 aromatic carbocycles. The van der Waals surface area contributed by atoms with Gasteiger partial charge in [0.2, 0.25) is 0 Å². The number of cyclic esters (lactones) is 1. The molecule has 6 heteroatoms. The first-order valence-corrected chi connectivity index (χ1v) is 7.24. The summed E-state index contributed by atoms with van der Waals surface area (Å²) in [5, 5.41) is 0. The first-order chi connectivity index (χ1) is 10.6. The highest BCUT2D eigenvalue weighted by molar-refractivity contribution is 5.92. The number of amides is 1. The van der Waals surface area contributed by atoms with E-state index in [4.69, 9.17) is 9.47 Å². The van der Waals surface area contributed by atoms with Gasteiger partial charge in [0.15, 0.2) is 5.78 Å². The van der Waals surface area contributed by atoms with Gasteiger partial charge >= 0.3 is 12.1 Å². The number of likely N-dealkylation sites (tertiary alicyclic amines) is 1. The van der Waals surface area contributed by atoms with Crippen LogP contribution in [0.5, 0.6) is 0 Å². The number of esters is 1. The molecule has 1 aromatic rings. The summed E-state index contributed by atoms with van der Waals surface area (Å²) in [6, 6.07) is 8.55. The van der Waals surface area contributed by atoms with Gasteiger partial charge in [0.1, 0.15) is 19.3 Å². The molecule has 116 valence electrons. The van der Waals surface area contributed by atoms with Crippen LogP contribution in [-0.2, 0) is 25.7 Å². The summed E-state index contributed by atoms with van der Waals surface area (Å²) >= 11 is 0. The largest absolute Gasteiger partial charge is 0.456 e. The molecule has 0 spiro atoms. The number of ether oxygens (including phenoxy) is 2. The maximum atomic E-state index is 12.3. The maximum Gasteiger partial charge on any atom is 0.410 e. The van der Waals surface area contributed by atoms with Crippen molar-refractivity contribution < 1.29 is 23.9 Å². The Labute approximate surface area is 128 Å². The predicted molar refractivity (Wildman–Crippen MR) is 75.7 cm³/mol. The van der Waals surface area contributed by atoms with Crippen LogP contribution in [-0.4, -0.2) is 41.9 Å². The Morgan fingerprint density at radius 2 is 2.05 bits per heavy atom. The average molecular weight is 303 g/mol. The number of ketones is 1. The van der Waals surface area contributed by atoms with Crippen molar-refractivity contribution in [3.63, 3.8) is 0 Å². The number of fused-ring (bicyclic) bond motifs is 2. The zero-order chi connectivity index (χ0) is 15.7. The lowest BCUT2D eigenvalue weighted by atomic mass is 9.90. The van der Waals surface area contributed by atoms with Crippen LogP contribution in [0.3, 0.4) is 0 Å². The number of carbonyl (C=O) groups is 3. The van der Waals surface area contributed by atoms with Gasteiger partial charge in [-0.1, -0.05) is 37.3 Å². The van der Waals surface area contributed by atoms with Crippen molar-refractivity contribution in [1.82, 2.24) is 4.90 Å². The van der Waals surface area contributed by atoms with E-state index in [0.29, 0.717) is 0 Å². The van der Waals surface area contributed by atoms with E-state index in [1.54, 1.807) is 6.92 Å². The van der Waals surface area contributed by atoms with Crippen molar-refractivity contribution in [3.8, 4) is 0 Å². The minimum absolute atomic E-state index is 0.130. The molecule has 2 fully saturated rings. The SMILES string of the molecule is C[C@H]1[C@@H]2CN(C(=O)OCc3ccccc3)[C@@H]1C(=O)OCC2=O. The molecule has 2 bridgehead atoms. The minimum Gasteiger partial charge on any atom is -0.456 e. The molecule has 0 aliphatic carbocycles. The molecule has 22 heavy (non-hydrogen) atoms.